The molecular formula is C22H19N5O6S2. The first-order chi connectivity index (χ1) is 16.6. The standard InChI is InChI=1S/C22H19N5O6S2/c1-25(2)35(32,33)17-9-5-15(6-10-17)24-19(28)11-26-13-23-21-20(22(26)29)18(12-34-21)14-3-7-16(8-4-14)27(30)31/h3-10,12-13H,11H2,1-2H3,(H,24,28). The van der Waals surface area contributed by atoms with Crippen molar-refractivity contribution in [2.75, 3.05) is 19.4 Å². The summed E-state index contributed by atoms with van der Waals surface area (Å²) < 4.78 is 26.6. The molecule has 0 aliphatic heterocycles. The van der Waals surface area contributed by atoms with Crippen molar-refractivity contribution < 1.29 is 18.1 Å². The van der Waals surface area contributed by atoms with Gasteiger partial charge in [0.2, 0.25) is 15.9 Å². The first kappa shape index (κ1) is 24.2. The average Bonchev–Trinajstić information content (AvgIpc) is 3.26. The van der Waals surface area contributed by atoms with Gasteiger partial charge >= 0.3 is 0 Å². The van der Waals surface area contributed by atoms with Crippen LogP contribution in [0.4, 0.5) is 11.4 Å². The zero-order valence-corrected chi connectivity index (χ0v) is 20.2. The number of anilines is 1. The number of nitro benzene ring substituents is 1. The number of carbonyl (C=O) groups is 1. The molecule has 0 radical (unpaired) electrons. The summed E-state index contributed by atoms with van der Waals surface area (Å²) in [6, 6.07) is 11.5. The van der Waals surface area contributed by atoms with Crippen LogP contribution in [0.5, 0.6) is 0 Å². The van der Waals surface area contributed by atoms with Gasteiger partial charge < -0.3 is 5.32 Å². The third kappa shape index (κ3) is 4.82. The zero-order chi connectivity index (χ0) is 25.3. The topological polar surface area (TPSA) is 145 Å². The van der Waals surface area contributed by atoms with Gasteiger partial charge in [-0.15, -0.1) is 11.3 Å². The van der Waals surface area contributed by atoms with Crippen molar-refractivity contribution in [3.8, 4) is 11.1 Å². The van der Waals surface area contributed by atoms with E-state index in [1.54, 1.807) is 17.5 Å². The van der Waals surface area contributed by atoms with E-state index < -0.39 is 26.4 Å². The molecule has 35 heavy (non-hydrogen) atoms. The molecule has 0 bridgehead atoms. The predicted molar refractivity (Wildman–Crippen MR) is 132 cm³/mol. The molecule has 2 aromatic carbocycles. The molecule has 4 aromatic rings. The molecule has 4 rings (SSSR count). The Labute approximate surface area is 203 Å². The number of aromatic nitrogens is 2. The van der Waals surface area contributed by atoms with E-state index in [0.29, 0.717) is 27.0 Å². The fraction of sp³-hybridized carbons (Fsp3) is 0.136. The number of nitro groups is 1. The lowest BCUT2D eigenvalue weighted by molar-refractivity contribution is -0.384. The molecule has 0 unspecified atom stereocenters. The normalized spacial score (nSPS) is 11.6. The van der Waals surface area contributed by atoms with Gasteiger partial charge in [0.1, 0.15) is 11.4 Å². The molecule has 1 N–H and O–H groups in total. The van der Waals surface area contributed by atoms with Crippen LogP contribution in [0.15, 0.2) is 69.9 Å². The second-order valence-corrected chi connectivity index (χ2v) is 10.7. The van der Waals surface area contributed by atoms with E-state index in [9.17, 15) is 28.1 Å². The Morgan fingerprint density at radius 1 is 1.14 bits per heavy atom. The number of fused-ring (bicyclic) bond motifs is 1. The number of non-ortho nitro benzene ring substituents is 1. The molecule has 2 aromatic heterocycles. The average molecular weight is 514 g/mol. The Kier molecular flexibility index (Phi) is 6.47. The van der Waals surface area contributed by atoms with Crippen LogP contribution in [-0.2, 0) is 21.4 Å². The summed E-state index contributed by atoms with van der Waals surface area (Å²) in [4.78, 5) is 41.0. The quantitative estimate of drug-likeness (QED) is 0.295. The number of rotatable bonds is 7. The highest BCUT2D eigenvalue weighted by atomic mass is 32.2. The van der Waals surface area contributed by atoms with Gasteiger partial charge in [-0.25, -0.2) is 17.7 Å². The van der Waals surface area contributed by atoms with Crippen molar-refractivity contribution in [3.63, 3.8) is 0 Å². The highest BCUT2D eigenvalue weighted by Gasteiger charge is 2.18. The van der Waals surface area contributed by atoms with Crippen LogP contribution in [0, 0.1) is 10.1 Å². The van der Waals surface area contributed by atoms with Gasteiger partial charge in [0.25, 0.3) is 11.2 Å². The number of nitrogens with one attached hydrogen (secondary N) is 1. The zero-order valence-electron chi connectivity index (χ0n) is 18.5. The SMILES string of the molecule is CN(C)S(=O)(=O)c1ccc(NC(=O)Cn2cnc3scc(-c4ccc([N+](=O)[O-])cc4)c3c2=O)cc1. The van der Waals surface area contributed by atoms with Gasteiger partial charge in [-0.05, 0) is 42.0 Å². The summed E-state index contributed by atoms with van der Waals surface area (Å²) >= 11 is 1.26. The van der Waals surface area contributed by atoms with Crippen molar-refractivity contribution in [1.29, 1.82) is 0 Å². The summed E-state index contributed by atoms with van der Waals surface area (Å²) in [5, 5.41) is 15.6. The fourth-order valence-electron chi connectivity index (χ4n) is 3.33. The van der Waals surface area contributed by atoms with E-state index in [1.807, 2.05) is 0 Å². The van der Waals surface area contributed by atoms with Gasteiger partial charge in [0, 0.05) is 42.9 Å². The molecule has 0 spiro atoms. The van der Waals surface area contributed by atoms with Crippen LogP contribution < -0.4 is 10.9 Å². The molecule has 0 saturated heterocycles. The van der Waals surface area contributed by atoms with Crippen molar-refractivity contribution in [2.45, 2.75) is 11.4 Å². The fourth-order valence-corrected chi connectivity index (χ4v) is 5.14. The van der Waals surface area contributed by atoms with Gasteiger partial charge in [0.15, 0.2) is 0 Å². The summed E-state index contributed by atoms with van der Waals surface area (Å²) in [6.07, 6.45) is 1.28. The minimum atomic E-state index is -3.59. The molecular weight excluding hydrogens is 494 g/mol. The lowest BCUT2D eigenvalue weighted by Crippen LogP contribution is -2.27. The number of hydrogen-bond acceptors (Lipinski definition) is 8. The van der Waals surface area contributed by atoms with Gasteiger partial charge in [0.05, 0.1) is 21.5 Å². The van der Waals surface area contributed by atoms with Crippen LogP contribution in [0.25, 0.3) is 21.3 Å². The number of amides is 1. The molecule has 0 fully saturated rings. The maximum atomic E-state index is 13.1. The maximum absolute atomic E-state index is 13.1. The minimum absolute atomic E-state index is 0.0622. The number of sulfonamides is 1. The van der Waals surface area contributed by atoms with Gasteiger partial charge in [-0.3, -0.25) is 24.3 Å². The van der Waals surface area contributed by atoms with E-state index in [4.69, 9.17) is 0 Å². The lowest BCUT2D eigenvalue weighted by Gasteiger charge is -2.12. The summed E-state index contributed by atoms with van der Waals surface area (Å²) in [5.41, 5.74) is 1.08. The van der Waals surface area contributed by atoms with E-state index in [1.165, 1.54) is 72.7 Å². The Hall–Kier alpha value is -3.94. The molecule has 0 atom stereocenters. The monoisotopic (exact) mass is 513 g/mol. The Balaban J connectivity index is 1.56. The molecule has 11 nitrogen and oxygen atoms in total. The van der Waals surface area contributed by atoms with E-state index in [-0.39, 0.29) is 17.1 Å². The van der Waals surface area contributed by atoms with Crippen LogP contribution in [-0.4, -0.2) is 47.2 Å². The smallest absolute Gasteiger partial charge is 0.269 e. The third-order valence-electron chi connectivity index (χ3n) is 5.18. The molecule has 0 aliphatic rings. The van der Waals surface area contributed by atoms with Crippen LogP contribution in [0.2, 0.25) is 0 Å². The van der Waals surface area contributed by atoms with E-state index in [0.717, 1.165) is 4.31 Å². The summed E-state index contributed by atoms with van der Waals surface area (Å²) in [6.45, 7) is -0.310. The molecule has 0 aliphatic carbocycles. The first-order valence-electron chi connectivity index (χ1n) is 10.1. The largest absolute Gasteiger partial charge is 0.325 e. The summed E-state index contributed by atoms with van der Waals surface area (Å²) in [7, 11) is -0.741. The van der Waals surface area contributed by atoms with E-state index >= 15 is 0 Å². The Morgan fingerprint density at radius 3 is 2.40 bits per heavy atom. The maximum Gasteiger partial charge on any atom is 0.269 e. The van der Waals surface area contributed by atoms with Gasteiger partial charge in [-0.2, -0.15) is 0 Å². The van der Waals surface area contributed by atoms with Gasteiger partial charge in [-0.1, -0.05) is 0 Å². The third-order valence-corrected chi connectivity index (χ3v) is 7.90. The lowest BCUT2D eigenvalue weighted by atomic mass is 10.1. The number of nitrogens with zero attached hydrogens (tertiary/aromatic N) is 4. The highest BCUT2D eigenvalue weighted by molar-refractivity contribution is 7.89. The summed E-state index contributed by atoms with van der Waals surface area (Å²) in [5.74, 6) is -0.497. The van der Waals surface area contributed by atoms with Crippen LogP contribution in [0.1, 0.15) is 0 Å². The molecule has 0 saturated carbocycles. The Morgan fingerprint density at radius 2 is 1.80 bits per heavy atom. The van der Waals surface area contributed by atoms with Crippen molar-refractivity contribution in [2.24, 2.45) is 0 Å². The second-order valence-electron chi connectivity index (χ2n) is 7.67. The van der Waals surface area contributed by atoms with Crippen LogP contribution in [0.3, 0.4) is 0 Å². The second kappa shape index (κ2) is 9.37. The molecule has 1 amide bonds. The number of hydrogen-bond donors (Lipinski definition) is 1. The number of thiophene rings is 1. The van der Waals surface area contributed by atoms with Crippen molar-refractivity contribution in [1.82, 2.24) is 13.9 Å². The van der Waals surface area contributed by atoms with E-state index in [2.05, 4.69) is 10.3 Å². The number of benzene rings is 2. The van der Waals surface area contributed by atoms with Crippen LogP contribution >= 0.6 is 11.3 Å². The number of carbonyl (C=O) groups excluding carboxylic acids is 1. The molecule has 13 heteroatoms. The van der Waals surface area contributed by atoms with Crippen molar-refractivity contribution >= 4 is 48.9 Å². The molecule has 2 heterocycles. The Bertz CT molecular complexity index is 1590. The highest BCUT2D eigenvalue weighted by Crippen LogP contribution is 2.31. The predicted octanol–water partition coefficient (Wildman–Crippen LogP) is 2.92. The van der Waals surface area contributed by atoms with Crippen molar-refractivity contribution in [3.05, 3.63) is 80.7 Å². The minimum Gasteiger partial charge on any atom is -0.325 e. The molecule has 180 valence electrons. The first-order valence-corrected chi connectivity index (χ1v) is 12.4.